The zero-order chi connectivity index (χ0) is 14.4. The van der Waals surface area contributed by atoms with Crippen molar-refractivity contribution in [3.8, 4) is 11.8 Å². The SMILES string of the molecule is COC(=O)CN(C)C(=O)c1cc(C)c(C#CCO)s1. The number of ether oxygens (including phenoxy) is 1. The molecule has 1 amide bonds. The van der Waals surface area contributed by atoms with Crippen molar-refractivity contribution >= 4 is 23.2 Å². The lowest BCUT2D eigenvalue weighted by atomic mass is 10.2. The molecule has 6 heteroatoms. The first-order valence-corrected chi connectivity index (χ1v) is 6.33. The lowest BCUT2D eigenvalue weighted by Crippen LogP contribution is -2.32. The Balaban J connectivity index is 2.85. The van der Waals surface area contributed by atoms with Crippen molar-refractivity contribution in [1.82, 2.24) is 4.90 Å². The van der Waals surface area contributed by atoms with Gasteiger partial charge in [-0.3, -0.25) is 9.59 Å². The lowest BCUT2D eigenvalue weighted by molar-refractivity contribution is -0.141. The Morgan fingerprint density at radius 2 is 2.21 bits per heavy atom. The van der Waals surface area contributed by atoms with Gasteiger partial charge in [-0.2, -0.15) is 0 Å². The third kappa shape index (κ3) is 4.09. The molecule has 1 aromatic heterocycles. The summed E-state index contributed by atoms with van der Waals surface area (Å²) in [4.78, 5) is 25.7. The summed E-state index contributed by atoms with van der Waals surface area (Å²) < 4.78 is 4.51. The summed E-state index contributed by atoms with van der Waals surface area (Å²) in [6.45, 7) is 1.53. The number of carbonyl (C=O) groups excluding carboxylic acids is 2. The van der Waals surface area contributed by atoms with E-state index in [9.17, 15) is 9.59 Å². The second-order valence-electron chi connectivity index (χ2n) is 3.82. The van der Waals surface area contributed by atoms with Gasteiger partial charge in [0.2, 0.25) is 0 Å². The van der Waals surface area contributed by atoms with Gasteiger partial charge in [0.1, 0.15) is 13.2 Å². The van der Waals surface area contributed by atoms with E-state index in [1.54, 1.807) is 6.07 Å². The third-order valence-electron chi connectivity index (χ3n) is 2.35. The summed E-state index contributed by atoms with van der Waals surface area (Å²) in [6, 6.07) is 1.72. The quantitative estimate of drug-likeness (QED) is 0.652. The molecule has 0 saturated carbocycles. The first-order chi connectivity index (χ1) is 8.99. The van der Waals surface area contributed by atoms with Crippen molar-refractivity contribution < 1.29 is 19.4 Å². The molecule has 0 saturated heterocycles. The van der Waals surface area contributed by atoms with Gasteiger partial charge in [0.05, 0.1) is 16.9 Å². The Morgan fingerprint density at radius 1 is 1.53 bits per heavy atom. The monoisotopic (exact) mass is 281 g/mol. The van der Waals surface area contributed by atoms with Gasteiger partial charge < -0.3 is 14.7 Å². The highest BCUT2D eigenvalue weighted by atomic mass is 32.1. The van der Waals surface area contributed by atoms with E-state index < -0.39 is 5.97 Å². The molecule has 19 heavy (non-hydrogen) atoms. The minimum Gasteiger partial charge on any atom is -0.468 e. The largest absolute Gasteiger partial charge is 0.468 e. The number of esters is 1. The van der Waals surface area contributed by atoms with E-state index in [1.165, 1.54) is 30.4 Å². The summed E-state index contributed by atoms with van der Waals surface area (Å²) in [5, 5.41) is 8.65. The number of hydrogen-bond donors (Lipinski definition) is 1. The Bertz CT molecular complexity index is 539. The number of thiophene rings is 1. The maximum atomic E-state index is 12.1. The van der Waals surface area contributed by atoms with E-state index >= 15 is 0 Å². The van der Waals surface area contributed by atoms with Crippen molar-refractivity contribution in [1.29, 1.82) is 0 Å². The van der Waals surface area contributed by atoms with Crippen LogP contribution in [-0.2, 0) is 9.53 Å². The Morgan fingerprint density at radius 3 is 2.79 bits per heavy atom. The maximum Gasteiger partial charge on any atom is 0.325 e. The van der Waals surface area contributed by atoms with Gasteiger partial charge in [-0.25, -0.2) is 0 Å². The summed E-state index contributed by atoms with van der Waals surface area (Å²) in [6.07, 6.45) is 0. The number of rotatable bonds is 3. The Labute approximate surface area is 115 Å². The van der Waals surface area contributed by atoms with Crippen LogP contribution >= 0.6 is 11.3 Å². The van der Waals surface area contributed by atoms with Crippen molar-refractivity contribution in [2.45, 2.75) is 6.92 Å². The van der Waals surface area contributed by atoms with Crippen molar-refractivity contribution in [3.63, 3.8) is 0 Å². The van der Waals surface area contributed by atoms with Gasteiger partial charge in [-0.05, 0) is 18.6 Å². The van der Waals surface area contributed by atoms with E-state index in [0.717, 1.165) is 10.4 Å². The zero-order valence-electron chi connectivity index (χ0n) is 11.0. The molecule has 5 nitrogen and oxygen atoms in total. The minimum atomic E-state index is -0.468. The highest BCUT2D eigenvalue weighted by Gasteiger charge is 2.18. The first kappa shape index (κ1) is 15.2. The molecule has 102 valence electrons. The maximum absolute atomic E-state index is 12.1. The van der Waals surface area contributed by atoms with Gasteiger partial charge in [0.25, 0.3) is 5.91 Å². The van der Waals surface area contributed by atoms with Crippen LogP contribution in [0, 0.1) is 18.8 Å². The van der Waals surface area contributed by atoms with Gasteiger partial charge in [-0.1, -0.05) is 11.8 Å². The molecule has 1 N–H and O–H groups in total. The summed E-state index contributed by atoms with van der Waals surface area (Å²) >= 11 is 1.24. The van der Waals surface area contributed by atoms with E-state index in [4.69, 9.17) is 5.11 Å². The van der Waals surface area contributed by atoms with Crippen molar-refractivity contribution in [3.05, 3.63) is 21.4 Å². The van der Waals surface area contributed by atoms with Gasteiger partial charge in [0.15, 0.2) is 0 Å². The Kier molecular flexibility index (Phi) is 5.55. The van der Waals surface area contributed by atoms with Crippen LogP contribution in [0.25, 0.3) is 0 Å². The third-order valence-corrected chi connectivity index (χ3v) is 3.49. The predicted octanol–water partition coefficient (Wildman–Crippen LogP) is 0.645. The molecule has 0 bridgehead atoms. The van der Waals surface area contributed by atoms with Crippen LogP contribution in [0.3, 0.4) is 0 Å². The van der Waals surface area contributed by atoms with E-state index in [0.29, 0.717) is 4.88 Å². The topological polar surface area (TPSA) is 66.8 Å². The molecule has 0 radical (unpaired) electrons. The summed E-state index contributed by atoms with van der Waals surface area (Å²) in [5.41, 5.74) is 0.876. The normalized spacial score (nSPS) is 9.47. The fourth-order valence-electron chi connectivity index (χ4n) is 1.35. The molecule has 0 spiro atoms. The van der Waals surface area contributed by atoms with Crippen LogP contribution in [0.1, 0.15) is 20.1 Å². The standard InChI is InChI=1S/C13H15NO4S/c1-9-7-11(19-10(9)5-4-6-15)13(17)14(2)8-12(16)18-3/h7,15H,6,8H2,1-3H3. The average molecular weight is 281 g/mol. The van der Waals surface area contributed by atoms with Gasteiger partial charge in [-0.15, -0.1) is 11.3 Å². The molecule has 1 heterocycles. The fraction of sp³-hybridized carbons (Fsp3) is 0.385. The van der Waals surface area contributed by atoms with Crippen LogP contribution in [0.2, 0.25) is 0 Å². The number of amides is 1. The smallest absolute Gasteiger partial charge is 0.325 e. The fourth-order valence-corrected chi connectivity index (χ4v) is 2.39. The number of hydrogen-bond acceptors (Lipinski definition) is 5. The molecule has 0 aliphatic heterocycles. The number of methoxy groups -OCH3 is 1. The highest BCUT2D eigenvalue weighted by Crippen LogP contribution is 2.22. The lowest BCUT2D eigenvalue weighted by Gasteiger charge is -2.14. The van der Waals surface area contributed by atoms with E-state index in [1.807, 2.05) is 6.92 Å². The predicted molar refractivity (Wildman–Crippen MR) is 72.0 cm³/mol. The number of aliphatic hydroxyl groups excluding tert-OH is 1. The van der Waals surface area contributed by atoms with Crippen LogP contribution in [0.4, 0.5) is 0 Å². The number of aliphatic hydroxyl groups is 1. The zero-order valence-corrected chi connectivity index (χ0v) is 11.8. The molecule has 0 unspecified atom stereocenters. The van der Waals surface area contributed by atoms with Gasteiger partial charge >= 0.3 is 5.97 Å². The van der Waals surface area contributed by atoms with Crippen LogP contribution < -0.4 is 0 Å². The number of likely N-dealkylation sites (N-methyl/N-ethyl adjacent to an activating group) is 1. The molecular formula is C13H15NO4S. The molecule has 0 atom stereocenters. The van der Waals surface area contributed by atoms with Crippen molar-refractivity contribution in [2.24, 2.45) is 0 Å². The van der Waals surface area contributed by atoms with Crippen LogP contribution in [-0.4, -0.2) is 49.2 Å². The van der Waals surface area contributed by atoms with Crippen LogP contribution in [0.15, 0.2) is 6.07 Å². The molecule has 0 aliphatic carbocycles. The minimum absolute atomic E-state index is 0.0933. The van der Waals surface area contributed by atoms with Crippen LogP contribution in [0.5, 0.6) is 0 Å². The number of carbonyl (C=O) groups is 2. The molecule has 0 aliphatic rings. The molecule has 1 rings (SSSR count). The molecule has 0 fully saturated rings. The molecule has 1 aromatic rings. The van der Waals surface area contributed by atoms with Gasteiger partial charge in [0, 0.05) is 7.05 Å². The second-order valence-corrected chi connectivity index (χ2v) is 4.87. The first-order valence-electron chi connectivity index (χ1n) is 5.52. The van der Waals surface area contributed by atoms with E-state index in [2.05, 4.69) is 16.6 Å². The van der Waals surface area contributed by atoms with E-state index in [-0.39, 0.29) is 19.1 Å². The second kappa shape index (κ2) is 6.92. The highest BCUT2D eigenvalue weighted by molar-refractivity contribution is 7.14. The van der Waals surface area contributed by atoms with Crippen molar-refractivity contribution in [2.75, 3.05) is 27.3 Å². The Hall–Kier alpha value is -1.84. The summed E-state index contributed by atoms with van der Waals surface area (Å²) in [5.74, 6) is 4.61. The number of nitrogens with zero attached hydrogens (tertiary/aromatic N) is 1. The molecular weight excluding hydrogens is 266 g/mol. The average Bonchev–Trinajstić information content (AvgIpc) is 2.76. The molecule has 0 aromatic carbocycles. The summed E-state index contributed by atoms with van der Waals surface area (Å²) in [7, 11) is 2.81. The number of aryl methyl sites for hydroxylation is 1.